The molecule has 0 bridgehead atoms. The summed E-state index contributed by atoms with van der Waals surface area (Å²) in [5.74, 6) is -2.00. The molecule has 0 spiro atoms. The molecule has 2 aliphatic rings. The minimum absolute atomic E-state index is 0.0976. The van der Waals surface area contributed by atoms with E-state index in [0.29, 0.717) is 0 Å². The summed E-state index contributed by atoms with van der Waals surface area (Å²) < 4.78 is 1.78. The zero-order valence-electron chi connectivity index (χ0n) is 19.3. The first kappa shape index (κ1) is 22.7. The van der Waals surface area contributed by atoms with Crippen molar-refractivity contribution in [3.05, 3.63) is 77.1 Å². The Morgan fingerprint density at radius 2 is 1.71 bits per heavy atom. The summed E-state index contributed by atoms with van der Waals surface area (Å²) in [5.41, 5.74) is 4.63. The fourth-order valence-electron chi connectivity index (χ4n) is 4.54. The van der Waals surface area contributed by atoms with Gasteiger partial charge >= 0.3 is 0 Å². The lowest BCUT2D eigenvalue weighted by Crippen LogP contribution is -2.54. The van der Waals surface area contributed by atoms with Crippen LogP contribution in [0.25, 0.3) is 11.1 Å². The number of hydrogen-bond acceptors (Lipinski definition) is 6. The Kier molecular flexibility index (Phi) is 6.00. The van der Waals surface area contributed by atoms with E-state index in [1.807, 2.05) is 37.6 Å². The van der Waals surface area contributed by atoms with Gasteiger partial charge in [0.05, 0.1) is 17.3 Å². The first-order valence-electron chi connectivity index (χ1n) is 11.5. The number of rotatable bonds is 7. The number of amides is 4. The van der Waals surface area contributed by atoms with E-state index >= 15 is 0 Å². The van der Waals surface area contributed by atoms with Crippen LogP contribution in [-0.4, -0.2) is 50.9 Å². The van der Waals surface area contributed by atoms with Crippen LogP contribution in [0.5, 0.6) is 0 Å². The first-order valence-corrected chi connectivity index (χ1v) is 11.5. The van der Waals surface area contributed by atoms with Gasteiger partial charge in [0.2, 0.25) is 11.8 Å². The second kappa shape index (κ2) is 9.27. The van der Waals surface area contributed by atoms with E-state index in [1.54, 1.807) is 16.8 Å². The van der Waals surface area contributed by atoms with E-state index in [0.717, 1.165) is 41.1 Å². The standard InChI is InChI=1S/C26H25N5O4/c1-30-15-17(14-28-30)13-27-11-10-16-2-4-18(5-3-16)19-6-7-20-21(12-19)26(35)31(25(20)34)22-8-9-23(32)29-24(22)33/h2-7,12,14-15,22,27H,8-11,13H2,1H3,(H,29,32,33). The predicted octanol–water partition coefficient (Wildman–Crippen LogP) is 1.82. The van der Waals surface area contributed by atoms with Crippen LogP contribution in [0.15, 0.2) is 54.9 Å². The summed E-state index contributed by atoms with van der Waals surface area (Å²) in [5, 5.41) is 9.78. The van der Waals surface area contributed by atoms with E-state index in [1.165, 1.54) is 5.56 Å². The van der Waals surface area contributed by atoms with Crippen molar-refractivity contribution >= 4 is 23.6 Å². The highest BCUT2D eigenvalue weighted by Crippen LogP contribution is 2.31. The third-order valence-corrected chi connectivity index (χ3v) is 6.40. The Morgan fingerprint density at radius 1 is 0.971 bits per heavy atom. The van der Waals surface area contributed by atoms with Gasteiger partial charge < -0.3 is 5.32 Å². The average Bonchev–Trinajstić information content (AvgIpc) is 3.37. The van der Waals surface area contributed by atoms with Crippen LogP contribution in [0.3, 0.4) is 0 Å². The molecule has 1 aromatic heterocycles. The van der Waals surface area contributed by atoms with Gasteiger partial charge in [0.25, 0.3) is 11.8 Å². The van der Waals surface area contributed by atoms with Crippen molar-refractivity contribution in [2.75, 3.05) is 6.54 Å². The Morgan fingerprint density at radius 3 is 2.43 bits per heavy atom. The quantitative estimate of drug-likeness (QED) is 0.402. The fraction of sp³-hybridized carbons (Fsp3) is 0.269. The molecule has 3 aromatic rings. The largest absolute Gasteiger partial charge is 0.312 e. The Hall–Kier alpha value is -4.11. The van der Waals surface area contributed by atoms with Crippen LogP contribution in [0.1, 0.15) is 44.7 Å². The number of benzene rings is 2. The summed E-state index contributed by atoms with van der Waals surface area (Å²) in [7, 11) is 1.90. The lowest BCUT2D eigenvalue weighted by Gasteiger charge is -2.27. The van der Waals surface area contributed by atoms with Gasteiger partial charge in [-0.2, -0.15) is 5.10 Å². The summed E-state index contributed by atoms with van der Waals surface area (Å²) >= 11 is 0. The van der Waals surface area contributed by atoms with Gasteiger partial charge in [0, 0.05) is 31.8 Å². The lowest BCUT2D eigenvalue weighted by atomic mass is 9.99. The molecule has 9 heteroatoms. The van der Waals surface area contributed by atoms with E-state index in [9.17, 15) is 19.2 Å². The molecule has 2 aromatic carbocycles. The molecule has 0 radical (unpaired) electrons. The maximum absolute atomic E-state index is 13.0. The number of carbonyl (C=O) groups excluding carboxylic acids is 4. The Labute approximate surface area is 202 Å². The van der Waals surface area contributed by atoms with Crippen LogP contribution >= 0.6 is 0 Å². The molecule has 4 amide bonds. The zero-order valence-corrected chi connectivity index (χ0v) is 19.3. The number of nitrogens with one attached hydrogen (secondary N) is 2. The second-order valence-corrected chi connectivity index (χ2v) is 8.85. The van der Waals surface area contributed by atoms with Crippen LogP contribution in [0, 0.1) is 0 Å². The second-order valence-electron chi connectivity index (χ2n) is 8.85. The summed E-state index contributed by atoms with van der Waals surface area (Å²) in [6.45, 7) is 1.60. The van der Waals surface area contributed by atoms with Crippen molar-refractivity contribution in [1.29, 1.82) is 0 Å². The molecule has 1 fully saturated rings. The average molecular weight is 472 g/mol. The number of nitrogens with zero attached hydrogens (tertiary/aromatic N) is 3. The van der Waals surface area contributed by atoms with E-state index in [4.69, 9.17) is 0 Å². The lowest BCUT2D eigenvalue weighted by molar-refractivity contribution is -0.136. The predicted molar refractivity (Wildman–Crippen MR) is 127 cm³/mol. The van der Waals surface area contributed by atoms with Crippen molar-refractivity contribution in [1.82, 2.24) is 25.3 Å². The van der Waals surface area contributed by atoms with Gasteiger partial charge in [-0.15, -0.1) is 0 Å². The highest BCUT2D eigenvalue weighted by molar-refractivity contribution is 6.23. The smallest absolute Gasteiger partial charge is 0.262 e. The topological polar surface area (TPSA) is 113 Å². The summed E-state index contributed by atoms with van der Waals surface area (Å²) in [6, 6.07) is 12.3. The Balaban J connectivity index is 1.25. The Bertz CT molecular complexity index is 1330. The minimum atomic E-state index is -0.963. The van der Waals surface area contributed by atoms with Crippen molar-refractivity contribution in [2.24, 2.45) is 7.05 Å². The molecule has 1 saturated heterocycles. The van der Waals surface area contributed by atoms with Crippen molar-refractivity contribution in [3.8, 4) is 11.1 Å². The number of aromatic nitrogens is 2. The van der Waals surface area contributed by atoms with Crippen molar-refractivity contribution < 1.29 is 19.2 Å². The molecule has 3 heterocycles. The van der Waals surface area contributed by atoms with E-state index < -0.39 is 29.7 Å². The molecular formula is C26H25N5O4. The van der Waals surface area contributed by atoms with E-state index in [-0.39, 0.29) is 24.0 Å². The summed E-state index contributed by atoms with van der Waals surface area (Å²) in [4.78, 5) is 50.6. The zero-order chi connectivity index (χ0) is 24.5. The molecule has 5 rings (SSSR count). The number of imide groups is 2. The number of piperidine rings is 1. The monoisotopic (exact) mass is 471 g/mol. The molecule has 178 valence electrons. The van der Waals surface area contributed by atoms with Gasteiger partial charge in [-0.1, -0.05) is 30.3 Å². The van der Waals surface area contributed by atoms with Crippen LogP contribution < -0.4 is 10.6 Å². The fourth-order valence-corrected chi connectivity index (χ4v) is 4.54. The number of carbonyl (C=O) groups is 4. The van der Waals surface area contributed by atoms with Crippen molar-refractivity contribution in [2.45, 2.75) is 31.8 Å². The maximum Gasteiger partial charge on any atom is 0.262 e. The molecule has 0 saturated carbocycles. The maximum atomic E-state index is 13.0. The molecule has 9 nitrogen and oxygen atoms in total. The third kappa shape index (κ3) is 4.50. The number of hydrogen-bond donors (Lipinski definition) is 2. The van der Waals surface area contributed by atoms with Gasteiger partial charge in [-0.3, -0.25) is 34.1 Å². The summed E-state index contributed by atoms with van der Waals surface area (Å²) in [6.07, 6.45) is 4.95. The molecule has 1 atom stereocenters. The molecule has 35 heavy (non-hydrogen) atoms. The molecule has 2 N–H and O–H groups in total. The van der Waals surface area contributed by atoms with Gasteiger partial charge in [0.15, 0.2) is 0 Å². The molecule has 1 unspecified atom stereocenters. The van der Waals surface area contributed by atoms with Crippen LogP contribution in [-0.2, 0) is 29.6 Å². The van der Waals surface area contributed by atoms with Gasteiger partial charge in [-0.05, 0) is 48.2 Å². The van der Waals surface area contributed by atoms with Gasteiger partial charge in [-0.25, -0.2) is 0 Å². The minimum Gasteiger partial charge on any atom is -0.312 e. The van der Waals surface area contributed by atoms with Crippen molar-refractivity contribution in [3.63, 3.8) is 0 Å². The highest BCUT2D eigenvalue weighted by Gasteiger charge is 2.44. The normalized spacial score (nSPS) is 17.6. The molecule has 0 aliphatic carbocycles. The molecule has 2 aliphatic heterocycles. The number of aryl methyl sites for hydroxylation is 1. The van der Waals surface area contributed by atoms with Crippen LogP contribution in [0.4, 0.5) is 0 Å². The highest BCUT2D eigenvalue weighted by atomic mass is 16.2. The first-order chi connectivity index (χ1) is 16.9. The van der Waals surface area contributed by atoms with Crippen LogP contribution in [0.2, 0.25) is 0 Å². The molecular weight excluding hydrogens is 446 g/mol. The third-order valence-electron chi connectivity index (χ3n) is 6.40. The SMILES string of the molecule is Cn1cc(CNCCc2ccc(-c3ccc4c(c3)C(=O)N(C3CCC(=O)NC3=O)C4=O)cc2)cn1. The van der Waals surface area contributed by atoms with Gasteiger partial charge in [0.1, 0.15) is 6.04 Å². The van der Waals surface area contributed by atoms with E-state index in [2.05, 4.69) is 27.9 Å². The number of fused-ring (bicyclic) bond motifs is 1.